The summed E-state index contributed by atoms with van der Waals surface area (Å²) in [5.74, 6) is 0.806. The highest BCUT2D eigenvalue weighted by molar-refractivity contribution is 6.65. The van der Waals surface area contributed by atoms with E-state index in [1.165, 1.54) is 0 Å². The summed E-state index contributed by atoms with van der Waals surface area (Å²) in [6.45, 7) is 6.24. The summed E-state index contributed by atoms with van der Waals surface area (Å²) >= 11 is 5.27. The van der Waals surface area contributed by atoms with Gasteiger partial charge < -0.3 is 10.1 Å². The highest BCUT2D eigenvalue weighted by Gasteiger charge is 2.19. The van der Waals surface area contributed by atoms with E-state index in [0.29, 0.717) is 5.69 Å². The lowest BCUT2D eigenvalue weighted by Gasteiger charge is -2.22. The largest absolute Gasteiger partial charge is 0.496 e. The first-order valence-corrected chi connectivity index (χ1v) is 5.37. The third-order valence-electron chi connectivity index (χ3n) is 2.25. The highest BCUT2D eigenvalue weighted by atomic mass is 35.5. The van der Waals surface area contributed by atoms with Crippen molar-refractivity contribution in [3.05, 3.63) is 23.8 Å². The van der Waals surface area contributed by atoms with Gasteiger partial charge in [0.25, 0.3) is 0 Å². The molecule has 0 fully saturated rings. The quantitative estimate of drug-likeness (QED) is 0.632. The highest BCUT2D eigenvalue weighted by Crippen LogP contribution is 2.33. The standard InChI is InChI=1S/C12H16ClNO2/c1-12(2,3)9-7-8(14-11(13)15)5-6-10(9)16-4/h5-7H,1-4H3,(H,14,15). The van der Waals surface area contributed by atoms with Gasteiger partial charge in [-0.2, -0.15) is 0 Å². The predicted molar refractivity (Wildman–Crippen MR) is 66.6 cm³/mol. The lowest BCUT2D eigenvalue weighted by molar-refractivity contribution is 0.269. The zero-order valence-electron chi connectivity index (χ0n) is 9.93. The molecule has 0 aliphatic carbocycles. The van der Waals surface area contributed by atoms with Crippen LogP contribution in [0, 0.1) is 0 Å². The van der Waals surface area contributed by atoms with Crippen LogP contribution in [-0.2, 0) is 5.41 Å². The van der Waals surface area contributed by atoms with Crippen LogP contribution in [0.5, 0.6) is 5.75 Å². The van der Waals surface area contributed by atoms with Crippen LogP contribution in [0.15, 0.2) is 18.2 Å². The second-order valence-corrected chi connectivity index (χ2v) is 4.91. The summed E-state index contributed by atoms with van der Waals surface area (Å²) in [4.78, 5) is 10.8. The van der Waals surface area contributed by atoms with E-state index in [-0.39, 0.29) is 5.41 Å². The molecule has 4 heteroatoms. The molecule has 16 heavy (non-hydrogen) atoms. The Balaban J connectivity index is 3.16. The van der Waals surface area contributed by atoms with E-state index in [1.54, 1.807) is 13.2 Å². The fraction of sp³-hybridized carbons (Fsp3) is 0.417. The molecule has 0 aliphatic rings. The van der Waals surface area contributed by atoms with Crippen molar-refractivity contribution in [2.75, 3.05) is 12.4 Å². The van der Waals surface area contributed by atoms with E-state index >= 15 is 0 Å². The van der Waals surface area contributed by atoms with Crippen molar-refractivity contribution >= 4 is 22.7 Å². The van der Waals surface area contributed by atoms with E-state index in [4.69, 9.17) is 16.3 Å². The van der Waals surface area contributed by atoms with E-state index in [9.17, 15) is 4.79 Å². The number of halogens is 1. The van der Waals surface area contributed by atoms with Crippen molar-refractivity contribution in [3.63, 3.8) is 0 Å². The summed E-state index contributed by atoms with van der Waals surface area (Å²) in [6, 6.07) is 5.45. The number of carbonyl (C=O) groups excluding carboxylic acids is 1. The molecule has 88 valence electrons. The van der Waals surface area contributed by atoms with Gasteiger partial charge in [0, 0.05) is 11.3 Å². The molecule has 1 aromatic rings. The zero-order valence-corrected chi connectivity index (χ0v) is 10.7. The Kier molecular flexibility index (Phi) is 3.81. The molecule has 0 radical (unpaired) electrons. The Morgan fingerprint density at radius 2 is 2.00 bits per heavy atom. The van der Waals surface area contributed by atoms with E-state index in [0.717, 1.165) is 11.3 Å². The smallest absolute Gasteiger partial charge is 0.318 e. The topological polar surface area (TPSA) is 38.3 Å². The second kappa shape index (κ2) is 4.74. The minimum Gasteiger partial charge on any atom is -0.496 e. The third kappa shape index (κ3) is 3.14. The van der Waals surface area contributed by atoms with Crippen LogP contribution in [0.4, 0.5) is 10.5 Å². The van der Waals surface area contributed by atoms with Gasteiger partial charge in [-0.3, -0.25) is 4.79 Å². The zero-order chi connectivity index (χ0) is 12.3. The molecule has 0 spiro atoms. The van der Waals surface area contributed by atoms with E-state index < -0.39 is 5.37 Å². The van der Waals surface area contributed by atoms with Crippen LogP contribution in [0.25, 0.3) is 0 Å². The fourth-order valence-electron chi connectivity index (χ4n) is 1.49. The molecule has 0 saturated heterocycles. The van der Waals surface area contributed by atoms with Crippen molar-refractivity contribution in [1.29, 1.82) is 0 Å². The van der Waals surface area contributed by atoms with Gasteiger partial charge >= 0.3 is 5.37 Å². The first-order valence-electron chi connectivity index (χ1n) is 4.99. The summed E-state index contributed by atoms with van der Waals surface area (Å²) in [5.41, 5.74) is 1.64. The molecular formula is C12H16ClNO2. The number of benzene rings is 1. The molecular weight excluding hydrogens is 226 g/mol. The Labute approximate surface area is 101 Å². The Hall–Kier alpha value is -1.22. The number of anilines is 1. The number of nitrogens with one attached hydrogen (secondary N) is 1. The maximum Gasteiger partial charge on any atom is 0.318 e. The maximum absolute atomic E-state index is 10.8. The Morgan fingerprint density at radius 1 is 1.38 bits per heavy atom. The van der Waals surface area contributed by atoms with E-state index in [1.807, 2.05) is 12.1 Å². The fourth-order valence-corrected chi connectivity index (χ4v) is 1.59. The monoisotopic (exact) mass is 241 g/mol. The van der Waals surface area contributed by atoms with Crippen LogP contribution in [0.1, 0.15) is 26.3 Å². The molecule has 0 aromatic heterocycles. The SMILES string of the molecule is COc1ccc(NC(=O)Cl)cc1C(C)(C)C. The molecule has 1 N–H and O–H groups in total. The molecule has 0 atom stereocenters. The van der Waals surface area contributed by atoms with Gasteiger partial charge in [0.2, 0.25) is 0 Å². The van der Waals surface area contributed by atoms with Gasteiger partial charge in [0.15, 0.2) is 0 Å². The van der Waals surface area contributed by atoms with Crippen molar-refractivity contribution in [3.8, 4) is 5.75 Å². The van der Waals surface area contributed by atoms with Gasteiger partial charge in [0.05, 0.1) is 7.11 Å². The van der Waals surface area contributed by atoms with Crippen molar-refractivity contribution in [2.45, 2.75) is 26.2 Å². The predicted octanol–water partition coefficient (Wildman–Crippen LogP) is 3.76. The Morgan fingerprint density at radius 3 is 2.44 bits per heavy atom. The minimum absolute atomic E-state index is 0.0571. The summed E-state index contributed by atoms with van der Waals surface area (Å²) in [6.07, 6.45) is 0. The molecule has 1 amide bonds. The molecule has 1 aromatic carbocycles. The molecule has 0 saturated carbocycles. The number of ether oxygens (including phenoxy) is 1. The third-order valence-corrected chi connectivity index (χ3v) is 2.34. The van der Waals surface area contributed by atoms with Crippen LogP contribution in [0.2, 0.25) is 0 Å². The summed E-state index contributed by atoms with van der Waals surface area (Å²) in [5, 5.41) is 1.95. The van der Waals surface area contributed by atoms with E-state index in [2.05, 4.69) is 26.1 Å². The van der Waals surface area contributed by atoms with Gasteiger partial charge in [-0.15, -0.1) is 0 Å². The normalized spacial score (nSPS) is 11.1. The van der Waals surface area contributed by atoms with Gasteiger partial charge in [-0.25, -0.2) is 0 Å². The van der Waals surface area contributed by atoms with Crippen molar-refractivity contribution in [2.24, 2.45) is 0 Å². The number of rotatable bonds is 2. The lowest BCUT2D eigenvalue weighted by atomic mass is 9.86. The molecule has 0 bridgehead atoms. The number of hydrogen-bond acceptors (Lipinski definition) is 2. The maximum atomic E-state index is 10.8. The summed E-state index contributed by atoms with van der Waals surface area (Å²) < 4.78 is 5.29. The first kappa shape index (κ1) is 12.8. The molecule has 0 unspecified atom stereocenters. The molecule has 3 nitrogen and oxygen atoms in total. The first-order chi connectivity index (χ1) is 7.34. The van der Waals surface area contributed by atoms with Crippen molar-refractivity contribution < 1.29 is 9.53 Å². The second-order valence-electron chi connectivity index (χ2n) is 4.56. The molecule has 0 aliphatic heterocycles. The number of methoxy groups -OCH3 is 1. The van der Waals surface area contributed by atoms with Crippen LogP contribution in [0.3, 0.4) is 0 Å². The summed E-state index contributed by atoms with van der Waals surface area (Å²) in [7, 11) is 1.63. The number of carbonyl (C=O) groups is 1. The van der Waals surface area contributed by atoms with Gasteiger partial charge in [-0.05, 0) is 35.2 Å². The lowest BCUT2D eigenvalue weighted by Crippen LogP contribution is -2.13. The molecule has 0 heterocycles. The van der Waals surface area contributed by atoms with Gasteiger partial charge in [-0.1, -0.05) is 20.8 Å². The van der Waals surface area contributed by atoms with Gasteiger partial charge in [0.1, 0.15) is 5.75 Å². The van der Waals surface area contributed by atoms with Crippen molar-refractivity contribution in [1.82, 2.24) is 0 Å². The van der Waals surface area contributed by atoms with Crippen LogP contribution >= 0.6 is 11.6 Å². The number of hydrogen-bond donors (Lipinski definition) is 1. The van der Waals surface area contributed by atoms with Crippen LogP contribution < -0.4 is 10.1 Å². The Bertz CT molecular complexity index is 396. The number of amides is 1. The average Bonchev–Trinajstić information content (AvgIpc) is 2.15. The minimum atomic E-state index is -0.593. The average molecular weight is 242 g/mol. The van der Waals surface area contributed by atoms with Crippen LogP contribution in [-0.4, -0.2) is 12.5 Å². The molecule has 1 rings (SSSR count).